The molecule has 3 rings (SSSR count). The van der Waals surface area contributed by atoms with Gasteiger partial charge in [0.2, 0.25) is 0 Å². The molecule has 2 saturated carbocycles. The highest BCUT2D eigenvalue weighted by Crippen LogP contribution is 3.09. The first kappa shape index (κ1) is 29.3. The Bertz CT molecular complexity index is 663. The predicted octanol–water partition coefficient (Wildman–Crippen LogP) is 9.18. The third-order valence-electron chi connectivity index (χ3n) is 7.41. The fourth-order valence-corrected chi connectivity index (χ4v) is 73.4. The summed E-state index contributed by atoms with van der Waals surface area (Å²) in [5, 5.41) is 12.4. The van der Waals surface area contributed by atoms with Crippen molar-refractivity contribution in [3.05, 3.63) is 11.6 Å². The molecule has 0 aromatic rings. The number of hydrogen-bond acceptors (Lipinski definition) is 3. The molecule has 30 heavy (non-hydrogen) atoms. The van der Waals surface area contributed by atoms with Crippen molar-refractivity contribution >= 4 is 98.5 Å². The number of allylic oxidation sites excluding steroid dienone is 2. The second-order valence-corrected chi connectivity index (χ2v) is 44.6. The van der Waals surface area contributed by atoms with E-state index >= 15 is 0 Å². The van der Waals surface area contributed by atoms with Crippen molar-refractivity contribution in [1.29, 1.82) is 0 Å². The number of rotatable bonds is 8. The van der Waals surface area contributed by atoms with Crippen LogP contribution < -0.4 is 0 Å². The fourth-order valence-electron chi connectivity index (χ4n) is 6.17. The van der Waals surface area contributed by atoms with Gasteiger partial charge in [-0.25, -0.2) is 0 Å². The summed E-state index contributed by atoms with van der Waals surface area (Å²) >= 11 is 0. The van der Waals surface area contributed by atoms with E-state index in [1.54, 1.807) is 0 Å². The van der Waals surface area contributed by atoms with Crippen LogP contribution in [0.15, 0.2) is 11.6 Å². The Morgan fingerprint density at radius 2 is 1.83 bits per heavy atom. The third kappa shape index (κ3) is 4.95. The molecule has 2 fully saturated rings. The summed E-state index contributed by atoms with van der Waals surface area (Å²) in [6, 6.07) is 0. The minimum atomic E-state index is -0.810. The van der Waals surface area contributed by atoms with Gasteiger partial charge in [0.25, 0.3) is 0 Å². The van der Waals surface area contributed by atoms with Crippen molar-refractivity contribution in [3.8, 4) is 0 Å². The molecule has 1 spiro atoms. The van der Waals surface area contributed by atoms with Crippen molar-refractivity contribution in [2.45, 2.75) is 64.3 Å². The Kier molecular flexibility index (Phi) is 11.4. The van der Waals surface area contributed by atoms with Crippen molar-refractivity contribution in [3.63, 3.8) is 0 Å². The van der Waals surface area contributed by atoms with Gasteiger partial charge in [0.15, 0.2) is 0 Å². The second kappa shape index (κ2) is 11.7. The smallest absolute Gasteiger partial charge is 0.100 e. The Labute approximate surface area is 204 Å². The van der Waals surface area contributed by atoms with Gasteiger partial charge < -0.3 is 14.2 Å². The highest BCUT2D eigenvalue weighted by molar-refractivity contribution is 9.10. The molecule has 0 saturated heterocycles. The molecule has 15 heteroatoms. The van der Waals surface area contributed by atoms with Gasteiger partial charge in [0.1, 0.15) is 5.60 Å². The van der Waals surface area contributed by atoms with Gasteiger partial charge in [-0.3, -0.25) is 0 Å². The first-order valence-electron chi connectivity index (χ1n) is 9.79. The standard InChI is InChI=1S/C15H36O3P12/c1-9-4-5-10-12(17-25-19)15(16)7-6-11(14(15,8-9)13(10,2)3)18-27(28(21)22)30(26-20)29(23)24/h4,10-12,16,25-26H,5-8,19-24H2,1-3H3/t10?,11-,12+,14?,15+,27?,30?/m0/s1. The first-order valence-corrected chi connectivity index (χ1v) is 30.0. The highest BCUT2D eigenvalue weighted by atomic mass is 33.1. The minimum absolute atomic E-state index is 0.0453. The number of fused-ring (bicyclic) bond motifs is 1. The van der Waals surface area contributed by atoms with Gasteiger partial charge in [-0.15, -0.1) is 44.6 Å². The third-order valence-corrected chi connectivity index (χ3v) is 55.5. The molecule has 0 aromatic heterocycles. The zero-order chi connectivity index (χ0) is 22.5. The molecule has 0 aliphatic heterocycles. The number of aliphatic hydroxyl groups is 1. The average molecular weight is 636 g/mol. The molecule has 3 nitrogen and oxygen atoms in total. The van der Waals surface area contributed by atoms with Crippen LogP contribution in [-0.4, -0.2) is 22.9 Å². The van der Waals surface area contributed by atoms with E-state index in [1.165, 1.54) is 5.57 Å². The summed E-state index contributed by atoms with van der Waals surface area (Å²) in [6.45, 7) is 6.35. The molecule has 12 unspecified atom stereocenters. The molecule has 3 aliphatic rings. The van der Waals surface area contributed by atoms with E-state index in [4.69, 9.17) is 9.05 Å². The summed E-state index contributed by atoms with van der Waals surface area (Å²) in [6.07, 6.45) is 6.03. The highest BCUT2D eigenvalue weighted by Gasteiger charge is 2.78. The van der Waals surface area contributed by atoms with Crippen LogP contribution in [0.2, 0.25) is 0 Å². The van der Waals surface area contributed by atoms with E-state index in [0.29, 0.717) is 14.4 Å². The largest absolute Gasteiger partial charge is 0.386 e. The quantitative estimate of drug-likeness (QED) is 0.214. The lowest BCUT2D eigenvalue weighted by Crippen LogP contribution is -2.55. The molecule has 1 N–H and O–H groups in total. The molecular weight excluding hydrogens is 600 g/mol. The van der Waals surface area contributed by atoms with Gasteiger partial charge in [0, 0.05) is 20.9 Å². The Hall–Kier alpha value is 4.78. The van der Waals surface area contributed by atoms with E-state index < -0.39 is 13.1 Å². The van der Waals surface area contributed by atoms with Gasteiger partial charge in [0.05, 0.1) is 19.7 Å². The number of hydrogen-bond donors (Lipinski definition) is 1. The van der Waals surface area contributed by atoms with Gasteiger partial charge in [-0.05, 0) is 57.9 Å². The topological polar surface area (TPSA) is 38.7 Å². The van der Waals surface area contributed by atoms with Gasteiger partial charge >= 0.3 is 0 Å². The molecular formula is C15H36O3P12. The van der Waals surface area contributed by atoms with Crippen LogP contribution in [0.1, 0.15) is 46.5 Å². The summed E-state index contributed by atoms with van der Waals surface area (Å²) in [5.41, 5.74) is 0.267. The van der Waals surface area contributed by atoms with Crippen molar-refractivity contribution in [2.75, 3.05) is 0 Å². The molecule has 15 atom stereocenters. The Balaban J connectivity index is 2.07. The Morgan fingerprint density at radius 1 is 1.17 bits per heavy atom. The monoisotopic (exact) mass is 636 g/mol. The molecule has 0 amide bonds. The summed E-state index contributed by atoms with van der Waals surface area (Å²) < 4.78 is 13.5. The lowest BCUT2D eigenvalue weighted by Gasteiger charge is -2.51. The van der Waals surface area contributed by atoms with Gasteiger partial charge in [-0.2, -0.15) is 0 Å². The van der Waals surface area contributed by atoms with E-state index in [0.717, 1.165) is 33.6 Å². The average Bonchev–Trinajstić information content (AvgIpc) is 2.94. The van der Waals surface area contributed by atoms with Crippen LogP contribution in [0.3, 0.4) is 0 Å². The lowest BCUT2D eigenvalue weighted by molar-refractivity contribution is -0.137. The van der Waals surface area contributed by atoms with E-state index in [-0.39, 0.29) is 44.0 Å². The van der Waals surface area contributed by atoms with Crippen molar-refractivity contribution in [1.82, 2.24) is 0 Å². The molecule has 0 aromatic carbocycles. The van der Waals surface area contributed by atoms with E-state index in [2.05, 4.69) is 80.4 Å². The van der Waals surface area contributed by atoms with Crippen LogP contribution in [0.25, 0.3) is 0 Å². The van der Waals surface area contributed by atoms with Crippen molar-refractivity contribution in [2.24, 2.45) is 16.7 Å². The maximum Gasteiger partial charge on any atom is 0.100 e. The predicted molar refractivity (Wildman–Crippen MR) is 169 cm³/mol. The molecule has 0 radical (unpaired) electrons. The zero-order valence-corrected chi connectivity index (χ0v) is 30.2. The second-order valence-electron chi connectivity index (χ2n) is 8.91. The molecule has 174 valence electrons. The lowest BCUT2D eigenvalue weighted by atomic mass is 9.58. The van der Waals surface area contributed by atoms with Crippen LogP contribution in [0.4, 0.5) is 0 Å². The van der Waals surface area contributed by atoms with E-state index in [1.807, 2.05) is 0 Å². The minimum Gasteiger partial charge on any atom is -0.386 e. The van der Waals surface area contributed by atoms with Gasteiger partial charge in [-0.1, -0.05) is 42.4 Å². The molecule has 2 bridgehead atoms. The summed E-state index contributed by atoms with van der Waals surface area (Å²) in [7, 11) is 18.6. The fraction of sp³-hybridized carbons (Fsp3) is 0.867. The maximum atomic E-state index is 12.4. The van der Waals surface area contributed by atoms with Crippen molar-refractivity contribution < 1.29 is 14.2 Å². The van der Waals surface area contributed by atoms with Crippen LogP contribution in [0, 0.1) is 16.7 Å². The summed E-state index contributed by atoms with van der Waals surface area (Å²) in [4.78, 5) is 0. The van der Waals surface area contributed by atoms with Crippen LogP contribution in [0.5, 0.6) is 0 Å². The Morgan fingerprint density at radius 3 is 2.37 bits per heavy atom. The maximum absolute atomic E-state index is 12.4. The zero-order valence-electron chi connectivity index (χ0n) is 17.7. The van der Waals surface area contributed by atoms with Crippen LogP contribution in [-0.2, 0) is 9.05 Å². The first-order chi connectivity index (χ1) is 14.0. The normalized spacial score (nSPS) is 40.5. The summed E-state index contributed by atoms with van der Waals surface area (Å²) in [5.74, 6) is 0.324. The SMILES string of the molecule is CC1=CCC2[C@@H](OPP)[C@]3(O)CC[C@H](OP(P(P)P)P(PP)P(P)P)C3(C1)C2(C)C. The molecule has 3 aliphatic carbocycles. The molecule has 0 heterocycles. The van der Waals surface area contributed by atoms with E-state index in [9.17, 15) is 5.11 Å². The van der Waals surface area contributed by atoms with Crippen LogP contribution >= 0.6 is 98.5 Å².